The Kier molecular flexibility index (Phi) is 6.47. The number of benzene rings is 1. The third kappa shape index (κ3) is 4.75. The monoisotopic (exact) mass is 400 g/mol. The molecule has 0 bridgehead atoms. The van der Waals surface area contributed by atoms with Crippen LogP contribution in [-0.4, -0.2) is 27.4 Å². The maximum absolute atomic E-state index is 12.1. The summed E-state index contributed by atoms with van der Waals surface area (Å²) >= 11 is 14.9. The minimum Gasteiger partial charge on any atom is -0.352 e. The van der Waals surface area contributed by atoms with Crippen LogP contribution in [0, 0.1) is 0 Å². The highest BCUT2D eigenvalue weighted by molar-refractivity contribution is 9.10. The van der Waals surface area contributed by atoms with Gasteiger partial charge in [0, 0.05) is 11.0 Å². The number of carbonyl (C=O) groups is 1. The van der Waals surface area contributed by atoms with Gasteiger partial charge in [-0.2, -0.15) is 0 Å². The predicted molar refractivity (Wildman–Crippen MR) is 82.6 cm³/mol. The summed E-state index contributed by atoms with van der Waals surface area (Å²) < 4.78 is 26.8. The molecule has 1 rings (SSSR count). The predicted octanol–water partition coefficient (Wildman–Crippen LogP) is 2.34. The molecule has 0 aliphatic heterocycles. The molecule has 0 spiro atoms. The highest BCUT2D eigenvalue weighted by Gasteiger charge is 2.22. The molecule has 0 heterocycles. The number of halogens is 3. The van der Waals surface area contributed by atoms with Crippen LogP contribution in [0.15, 0.2) is 34.2 Å². The lowest BCUT2D eigenvalue weighted by molar-refractivity contribution is -0.119. The summed E-state index contributed by atoms with van der Waals surface area (Å²) in [4.78, 5) is 11.1. The average molecular weight is 402 g/mol. The second-order valence-corrected chi connectivity index (χ2v) is 7.05. The molecule has 2 N–H and O–H groups in total. The summed E-state index contributed by atoms with van der Waals surface area (Å²) in [6.07, 6.45) is 1.48. The zero-order chi connectivity index (χ0) is 15.3. The molecule has 0 saturated heterocycles. The Morgan fingerprint density at radius 1 is 1.35 bits per heavy atom. The quantitative estimate of drug-likeness (QED) is 0.718. The van der Waals surface area contributed by atoms with E-state index in [1.165, 1.54) is 18.2 Å². The van der Waals surface area contributed by atoms with Gasteiger partial charge < -0.3 is 5.32 Å². The van der Waals surface area contributed by atoms with Crippen LogP contribution in [0.1, 0.15) is 0 Å². The van der Waals surface area contributed by atoms with Crippen LogP contribution in [0.5, 0.6) is 0 Å². The molecule has 20 heavy (non-hydrogen) atoms. The van der Waals surface area contributed by atoms with Crippen molar-refractivity contribution in [2.24, 2.45) is 0 Å². The summed E-state index contributed by atoms with van der Waals surface area (Å²) in [5, 5.41) is 2.36. The van der Waals surface area contributed by atoms with Gasteiger partial charge in [-0.25, -0.2) is 13.1 Å². The molecule has 0 saturated carbocycles. The molecule has 0 atom stereocenters. The molecule has 1 amide bonds. The fraction of sp³-hybridized carbons (Fsp3) is 0.182. The van der Waals surface area contributed by atoms with E-state index >= 15 is 0 Å². The van der Waals surface area contributed by atoms with Gasteiger partial charge in [-0.1, -0.05) is 45.2 Å². The van der Waals surface area contributed by atoms with Crippen LogP contribution in [0.25, 0.3) is 0 Å². The summed E-state index contributed by atoms with van der Waals surface area (Å²) in [6, 6.07) is 2.81. The third-order valence-corrected chi connectivity index (χ3v) is 4.88. The van der Waals surface area contributed by atoms with E-state index in [2.05, 4.69) is 32.5 Å². The molecular weight excluding hydrogens is 391 g/mol. The van der Waals surface area contributed by atoms with Crippen molar-refractivity contribution in [3.05, 3.63) is 39.3 Å². The number of nitrogens with one attached hydrogen (secondary N) is 2. The minimum absolute atomic E-state index is 0.0385. The average Bonchev–Trinajstić information content (AvgIpc) is 2.32. The first kappa shape index (κ1) is 17.5. The van der Waals surface area contributed by atoms with E-state index in [0.29, 0.717) is 4.47 Å². The van der Waals surface area contributed by atoms with Crippen molar-refractivity contribution < 1.29 is 13.2 Å². The van der Waals surface area contributed by atoms with E-state index in [1.807, 2.05) is 0 Å². The number of hydrogen-bond donors (Lipinski definition) is 2. The van der Waals surface area contributed by atoms with Gasteiger partial charge in [0.15, 0.2) is 0 Å². The second-order valence-electron chi connectivity index (χ2n) is 3.62. The smallest absolute Gasteiger partial charge is 0.244 e. The highest BCUT2D eigenvalue weighted by atomic mass is 79.9. The van der Waals surface area contributed by atoms with Crippen molar-refractivity contribution in [1.29, 1.82) is 0 Å². The number of carbonyl (C=O) groups excluding carboxylic acids is 1. The molecule has 0 aliphatic carbocycles. The van der Waals surface area contributed by atoms with Crippen molar-refractivity contribution >= 4 is 55.1 Å². The first-order valence-corrected chi connectivity index (χ1v) is 8.33. The first-order valence-electron chi connectivity index (χ1n) is 5.29. The number of rotatable bonds is 6. The summed E-state index contributed by atoms with van der Waals surface area (Å²) in [7, 11) is -3.98. The number of sulfonamides is 1. The maximum atomic E-state index is 12.1. The van der Waals surface area contributed by atoms with Crippen LogP contribution in [0.4, 0.5) is 0 Å². The van der Waals surface area contributed by atoms with Crippen molar-refractivity contribution in [2.75, 3.05) is 13.1 Å². The highest BCUT2D eigenvalue weighted by Crippen LogP contribution is 2.32. The van der Waals surface area contributed by atoms with Gasteiger partial charge in [-0.15, -0.1) is 6.58 Å². The third-order valence-electron chi connectivity index (χ3n) is 2.10. The van der Waals surface area contributed by atoms with E-state index in [1.54, 1.807) is 0 Å². The Balaban J connectivity index is 2.90. The largest absolute Gasteiger partial charge is 0.352 e. The second kappa shape index (κ2) is 7.42. The van der Waals surface area contributed by atoms with E-state index in [9.17, 15) is 13.2 Å². The summed E-state index contributed by atoms with van der Waals surface area (Å²) in [6.45, 7) is 3.26. The minimum atomic E-state index is -3.98. The van der Waals surface area contributed by atoms with E-state index in [4.69, 9.17) is 23.2 Å². The standard InChI is InChI=1S/C11H11BrCl2N2O3S/c1-2-3-15-10(17)6-16-20(18,19)11-8(13)4-7(12)5-9(11)14/h2,4-5,16H,1,3,6H2,(H,15,17). The number of amides is 1. The topological polar surface area (TPSA) is 75.3 Å². The molecule has 1 aromatic carbocycles. The Bertz CT molecular complexity index is 612. The van der Waals surface area contributed by atoms with Crippen molar-refractivity contribution in [3.8, 4) is 0 Å². The summed E-state index contributed by atoms with van der Waals surface area (Å²) in [5.41, 5.74) is 0. The van der Waals surface area contributed by atoms with Gasteiger partial charge in [0.2, 0.25) is 15.9 Å². The van der Waals surface area contributed by atoms with Crippen LogP contribution < -0.4 is 10.0 Å². The Hall–Kier alpha value is -0.600. The Morgan fingerprint density at radius 2 is 1.90 bits per heavy atom. The van der Waals surface area contributed by atoms with Crippen molar-refractivity contribution in [3.63, 3.8) is 0 Å². The molecule has 9 heteroatoms. The molecule has 0 fully saturated rings. The van der Waals surface area contributed by atoms with Crippen molar-refractivity contribution in [2.45, 2.75) is 4.90 Å². The lowest BCUT2D eigenvalue weighted by Gasteiger charge is -2.10. The Labute approximate surface area is 135 Å². The van der Waals surface area contributed by atoms with E-state index in [-0.39, 0.29) is 21.5 Å². The van der Waals surface area contributed by atoms with Gasteiger partial charge in [0.25, 0.3) is 0 Å². The molecule has 0 radical (unpaired) electrons. The molecule has 5 nitrogen and oxygen atoms in total. The van der Waals surface area contributed by atoms with Gasteiger partial charge in [-0.3, -0.25) is 4.79 Å². The Morgan fingerprint density at radius 3 is 2.40 bits per heavy atom. The molecule has 1 aromatic rings. The first-order chi connectivity index (χ1) is 9.27. The normalized spacial score (nSPS) is 11.2. The zero-order valence-corrected chi connectivity index (χ0v) is 14.0. The lowest BCUT2D eigenvalue weighted by Crippen LogP contribution is -2.37. The van der Waals surface area contributed by atoms with Crippen LogP contribution in [0.3, 0.4) is 0 Å². The van der Waals surface area contributed by atoms with Gasteiger partial charge in [-0.05, 0) is 12.1 Å². The van der Waals surface area contributed by atoms with Gasteiger partial charge in [0.1, 0.15) is 4.90 Å². The fourth-order valence-corrected chi connectivity index (χ4v) is 4.18. The maximum Gasteiger partial charge on any atom is 0.244 e. The molecule has 0 aliphatic rings. The lowest BCUT2D eigenvalue weighted by atomic mass is 10.4. The fourth-order valence-electron chi connectivity index (χ4n) is 1.27. The SMILES string of the molecule is C=CCNC(=O)CNS(=O)(=O)c1c(Cl)cc(Br)cc1Cl. The van der Waals surface area contributed by atoms with Crippen molar-refractivity contribution in [1.82, 2.24) is 10.0 Å². The van der Waals surface area contributed by atoms with E-state index < -0.39 is 22.5 Å². The van der Waals surface area contributed by atoms with Crippen LogP contribution in [-0.2, 0) is 14.8 Å². The summed E-state index contributed by atoms with van der Waals surface area (Å²) in [5.74, 6) is -0.488. The van der Waals surface area contributed by atoms with Gasteiger partial charge >= 0.3 is 0 Å². The molecular formula is C11H11BrCl2N2O3S. The molecule has 0 aromatic heterocycles. The van der Waals surface area contributed by atoms with E-state index in [0.717, 1.165) is 0 Å². The van der Waals surface area contributed by atoms with Gasteiger partial charge in [0.05, 0.1) is 16.6 Å². The number of hydrogen-bond acceptors (Lipinski definition) is 3. The molecule has 0 unspecified atom stereocenters. The molecule has 110 valence electrons. The van der Waals surface area contributed by atoms with Crippen LogP contribution in [0.2, 0.25) is 10.0 Å². The van der Waals surface area contributed by atoms with Crippen LogP contribution >= 0.6 is 39.1 Å². The zero-order valence-electron chi connectivity index (χ0n) is 10.1.